The Balaban J connectivity index is 1.28. The number of carbonyl (C=O) groups is 2. The molecule has 0 bridgehead atoms. The molecule has 3 aromatic rings. The molecule has 42 heavy (non-hydrogen) atoms. The average molecular weight is 574 g/mol. The van der Waals surface area contributed by atoms with Crippen molar-refractivity contribution in [2.75, 3.05) is 24.5 Å². The van der Waals surface area contributed by atoms with Crippen molar-refractivity contribution in [3.63, 3.8) is 0 Å². The van der Waals surface area contributed by atoms with Crippen molar-refractivity contribution < 1.29 is 19.1 Å². The van der Waals surface area contributed by atoms with E-state index in [1.807, 2.05) is 53.7 Å². The summed E-state index contributed by atoms with van der Waals surface area (Å²) in [7, 11) is 0. The lowest BCUT2D eigenvalue weighted by Crippen LogP contribution is -2.44. The first-order valence-corrected chi connectivity index (χ1v) is 15.0. The molecule has 4 rings (SSSR count). The highest BCUT2D eigenvalue weighted by molar-refractivity contribution is 5.86. The molecule has 1 aliphatic rings. The zero-order valence-corrected chi connectivity index (χ0v) is 26.2. The van der Waals surface area contributed by atoms with Gasteiger partial charge in [-0.3, -0.25) is 4.79 Å². The van der Waals surface area contributed by atoms with E-state index in [1.165, 1.54) is 16.3 Å². The fourth-order valence-electron chi connectivity index (χ4n) is 5.41. The van der Waals surface area contributed by atoms with E-state index in [4.69, 9.17) is 9.47 Å². The van der Waals surface area contributed by atoms with E-state index >= 15 is 0 Å². The Morgan fingerprint density at radius 3 is 2.33 bits per heavy atom. The third-order valence-corrected chi connectivity index (χ3v) is 7.68. The van der Waals surface area contributed by atoms with Crippen molar-refractivity contribution in [3.8, 4) is 0 Å². The quantitative estimate of drug-likeness (QED) is 0.274. The van der Waals surface area contributed by atoms with Crippen molar-refractivity contribution in [2.24, 2.45) is 5.41 Å². The van der Waals surface area contributed by atoms with Crippen LogP contribution in [0.4, 0.5) is 10.5 Å². The van der Waals surface area contributed by atoms with Gasteiger partial charge < -0.3 is 25.0 Å². The normalized spacial score (nSPS) is 17.1. The van der Waals surface area contributed by atoms with Gasteiger partial charge in [0.15, 0.2) is 0 Å². The lowest BCUT2D eigenvalue weighted by Gasteiger charge is -2.31. The molecule has 1 fully saturated rings. The molecule has 1 aliphatic heterocycles. The minimum absolute atomic E-state index is 0.173. The maximum Gasteiger partial charge on any atom is 0.407 e. The zero-order chi connectivity index (χ0) is 30.5. The molecule has 1 unspecified atom stereocenters. The molecule has 7 heteroatoms. The van der Waals surface area contributed by atoms with E-state index < -0.39 is 17.8 Å². The number of amides is 1. The summed E-state index contributed by atoms with van der Waals surface area (Å²) < 4.78 is 11.1. The monoisotopic (exact) mass is 573 g/mol. The number of hydrogen-bond donors (Lipinski definition) is 2. The van der Waals surface area contributed by atoms with Gasteiger partial charge in [-0.05, 0) is 68.1 Å². The first kappa shape index (κ1) is 31.4. The van der Waals surface area contributed by atoms with Crippen LogP contribution in [-0.2, 0) is 20.7 Å². The van der Waals surface area contributed by atoms with E-state index in [9.17, 15) is 9.59 Å². The molecule has 1 saturated heterocycles. The van der Waals surface area contributed by atoms with Crippen LogP contribution in [0.1, 0.15) is 72.1 Å². The molecule has 7 nitrogen and oxygen atoms in total. The lowest BCUT2D eigenvalue weighted by atomic mass is 9.89. The molecule has 0 spiro atoms. The van der Waals surface area contributed by atoms with Gasteiger partial charge >= 0.3 is 12.1 Å². The van der Waals surface area contributed by atoms with Crippen molar-refractivity contribution in [1.29, 1.82) is 0 Å². The summed E-state index contributed by atoms with van der Waals surface area (Å²) in [6.07, 6.45) is 0.244. The van der Waals surface area contributed by atoms with Crippen LogP contribution in [0.2, 0.25) is 0 Å². The summed E-state index contributed by atoms with van der Waals surface area (Å²) in [6.45, 7) is 15.7. The topological polar surface area (TPSA) is 79.9 Å². The first-order valence-electron chi connectivity index (χ1n) is 15.0. The highest BCUT2D eigenvalue weighted by atomic mass is 16.6. The second kappa shape index (κ2) is 13.2. The third-order valence-electron chi connectivity index (χ3n) is 7.68. The van der Waals surface area contributed by atoms with E-state index in [0.717, 1.165) is 30.8 Å². The van der Waals surface area contributed by atoms with Crippen LogP contribution in [0.5, 0.6) is 0 Å². The standard InChI is InChI=1S/C35H47N3O4/c1-24(29-14-10-12-26-11-8-9-13-30(26)29)37-27-19-20-38(23-27)28-17-15-25(16-18-28)21-32(39)41-31(34(2,3)4)22-36-33(40)42-35(5,6)7/h8-18,24,27,31,37H,19-23H2,1-7H3,(H,36,40)/t24-,27+,31?/m1/s1. The molecule has 1 amide bonds. The van der Waals surface area contributed by atoms with Crippen molar-refractivity contribution in [2.45, 2.75) is 85.1 Å². The smallest absolute Gasteiger partial charge is 0.407 e. The Labute approximate surface area is 251 Å². The number of hydrogen-bond acceptors (Lipinski definition) is 6. The van der Waals surface area contributed by atoms with Crippen molar-refractivity contribution >= 4 is 28.5 Å². The summed E-state index contributed by atoms with van der Waals surface area (Å²) in [5.41, 5.74) is 2.45. The SMILES string of the molecule is C[C@@H](N[C@H]1CCN(c2ccc(CC(=O)OC(CNC(=O)OC(C)(C)C)C(C)(C)C)cc2)C1)c1cccc2ccccc12. The van der Waals surface area contributed by atoms with Crippen LogP contribution in [0, 0.1) is 5.41 Å². The Morgan fingerprint density at radius 1 is 0.952 bits per heavy atom. The van der Waals surface area contributed by atoms with E-state index in [2.05, 4.69) is 77.1 Å². The summed E-state index contributed by atoms with van der Waals surface area (Å²) in [5.74, 6) is -0.318. The lowest BCUT2D eigenvalue weighted by molar-refractivity contribution is -0.153. The molecule has 0 radical (unpaired) electrons. The number of nitrogens with one attached hydrogen (secondary N) is 2. The summed E-state index contributed by atoms with van der Waals surface area (Å²) in [4.78, 5) is 27.4. The fourth-order valence-corrected chi connectivity index (χ4v) is 5.41. The van der Waals surface area contributed by atoms with Gasteiger partial charge in [0.05, 0.1) is 13.0 Å². The highest BCUT2D eigenvalue weighted by Gasteiger charge is 2.30. The van der Waals surface area contributed by atoms with Gasteiger partial charge in [0.25, 0.3) is 0 Å². The van der Waals surface area contributed by atoms with E-state index in [0.29, 0.717) is 6.04 Å². The van der Waals surface area contributed by atoms with E-state index in [1.54, 1.807) is 0 Å². The van der Waals surface area contributed by atoms with Gasteiger partial charge in [-0.25, -0.2) is 4.79 Å². The maximum atomic E-state index is 12.8. The number of benzene rings is 3. The summed E-state index contributed by atoms with van der Waals surface area (Å²) in [5, 5.41) is 9.16. The Kier molecular flexibility index (Phi) is 9.82. The van der Waals surface area contributed by atoms with Crippen molar-refractivity contribution in [1.82, 2.24) is 10.6 Å². The Hall–Kier alpha value is -3.58. The van der Waals surface area contributed by atoms with Gasteiger partial charge in [0.2, 0.25) is 0 Å². The van der Waals surface area contributed by atoms with Gasteiger partial charge in [-0.1, -0.05) is 75.4 Å². The van der Waals surface area contributed by atoms with E-state index in [-0.39, 0.29) is 30.4 Å². The van der Waals surface area contributed by atoms with Crippen LogP contribution in [0.15, 0.2) is 66.7 Å². The van der Waals surface area contributed by atoms with Gasteiger partial charge in [-0.15, -0.1) is 0 Å². The second-order valence-electron chi connectivity index (χ2n) is 13.5. The first-order chi connectivity index (χ1) is 19.8. The largest absolute Gasteiger partial charge is 0.460 e. The molecule has 2 N–H and O–H groups in total. The number of nitrogens with zero attached hydrogens (tertiary/aromatic N) is 1. The van der Waals surface area contributed by atoms with Crippen LogP contribution in [-0.4, -0.2) is 49.4 Å². The number of anilines is 1. The number of rotatable bonds is 9. The van der Waals surface area contributed by atoms with Crippen molar-refractivity contribution in [3.05, 3.63) is 77.9 Å². The van der Waals surface area contributed by atoms with Crippen LogP contribution in [0.3, 0.4) is 0 Å². The summed E-state index contributed by atoms with van der Waals surface area (Å²) in [6, 6.07) is 23.9. The molecule has 0 saturated carbocycles. The Bertz CT molecular complexity index is 1350. The number of ether oxygens (including phenoxy) is 2. The fraction of sp³-hybridized carbons (Fsp3) is 0.486. The minimum atomic E-state index is -0.591. The molecule has 3 aromatic carbocycles. The zero-order valence-electron chi connectivity index (χ0n) is 26.2. The minimum Gasteiger partial charge on any atom is -0.460 e. The maximum absolute atomic E-state index is 12.8. The van der Waals surface area contributed by atoms with Gasteiger partial charge in [-0.2, -0.15) is 0 Å². The second-order valence-corrected chi connectivity index (χ2v) is 13.5. The number of carbonyl (C=O) groups excluding carboxylic acids is 2. The Morgan fingerprint density at radius 2 is 1.64 bits per heavy atom. The molecule has 0 aliphatic carbocycles. The average Bonchev–Trinajstić information content (AvgIpc) is 3.37. The molecule has 1 heterocycles. The van der Waals surface area contributed by atoms with Gasteiger partial charge in [0.1, 0.15) is 11.7 Å². The van der Waals surface area contributed by atoms with Crippen LogP contribution in [0.25, 0.3) is 10.8 Å². The third kappa shape index (κ3) is 8.71. The molecule has 3 atom stereocenters. The van der Waals surface area contributed by atoms with Crippen LogP contribution >= 0.6 is 0 Å². The predicted molar refractivity (Wildman–Crippen MR) is 170 cm³/mol. The molecule has 226 valence electrons. The number of fused-ring (bicyclic) bond motifs is 1. The highest BCUT2D eigenvalue weighted by Crippen LogP contribution is 2.27. The molecule has 0 aromatic heterocycles. The number of alkyl carbamates (subject to hydrolysis) is 1. The van der Waals surface area contributed by atoms with Gasteiger partial charge in [0, 0.05) is 36.3 Å². The predicted octanol–water partition coefficient (Wildman–Crippen LogP) is 6.79. The molecular formula is C35H47N3O4. The summed E-state index contributed by atoms with van der Waals surface area (Å²) >= 11 is 0. The van der Waals surface area contributed by atoms with Crippen LogP contribution < -0.4 is 15.5 Å². The number of esters is 1. The molecular weight excluding hydrogens is 526 g/mol.